The number of hydrogen-bond acceptors (Lipinski definition) is 8. The van der Waals surface area contributed by atoms with Crippen molar-refractivity contribution in [3.63, 3.8) is 0 Å². The van der Waals surface area contributed by atoms with Gasteiger partial charge >= 0.3 is 6.18 Å². The van der Waals surface area contributed by atoms with Gasteiger partial charge in [0, 0.05) is 49.7 Å². The molecule has 5 rings (SSSR count). The number of fused-ring (bicyclic) bond motifs is 1. The lowest BCUT2D eigenvalue weighted by molar-refractivity contribution is -0.137. The number of nitrogens with zero attached hydrogens (tertiary/aromatic N) is 5. The molecular formula is C26H23F3N8O2. The van der Waals surface area contributed by atoms with Crippen molar-refractivity contribution >= 4 is 34.2 Å². The normalized spacial score (nSPS) is 14.8. The smallest absolute Gasteiger partial charge is 0.397 e. The fourth-order valence-electron chi connectivity index (χ4n) is 4.32. The van der Waals surface area contributed by atoms with Gasteiger partial charge in [-0.15, -0.1) is 0 Å². The van der Waals surface area contributed by atoms with Crippen LogP contribution in [0.2, 0.25) is 0 Å². The molecule has 10 nitrogen and oxygen atoms in total. The fourth-order valence-corrected chi connectivity index (χ4v) is 4.32. The monoisotopic (exact) mass is 536 g/mol. The number of carbonyl (C=O) groups is 1. The Morgan fingerprint density at radius 1 is 0.949 bits per heavy atom. The van der Waals surface area contributed by atoms with Crippen LogP contribution in [0.3, 0.4) is 0 Å². The number of anilines is 1. The number of piperazine rings is 1. The zero-order valence-corrected chi connectivity index (χ0v) is 20.4. The van der Waals surface area contributed by atoms with Crippen molar-refractivity contribution in [2.45, 2.75) is 6.18 Å². The van der Waals surface area contributed by atoms with Gasteiger partial charge < -0.3 is 26.3 Å². The summed E-state index contributed by atoms with van der Waals surface area (Å²) in [5, 5.41) is 0. The van der Waals surface area contributed by atoms with Crippen molar-refractivity contribution < 1.29 is 18.0 Å². The third-order valence-electron chi connectivity index (χ3n) is 6.43. The topological polar surface area (TPSA) is 147 Å². The summed E-state index contributed by atoms with van der Waals surface area (Å²) in [5.41, 5.74) is 11.1. The number of aromatic nitrogens is 4. The molecule has 3 heterocycles. The van der Waals surface area contributed by atoms with Gasteiger partial charge in [0.25, 0.3) is 11.5 Å². The predicted octanol–water partition coefficient (Wildman–Crippen LogP) is 2.44. The van der Waals surface area contributed by atoms with Crippen LogP contribution in [0.25, 0.3) is 22.4 Å². The van der Waals surface area contributed by atoms with E-state index in [1.807, 2.05) is 4.90 Å². The van der Waals surface area contributed by atoms with Crippen LogP contribution in [0.5, 0.6) is 0 Å². The maximum absolute atomic E-state index is 13.2. The lowest BCUT2D eigenvalue weighted by Gasteiger charge is -2.35. The summed E-state index contributed by atoms with van der Waals surface area (Å²) >= 11 is 0. The van der Waals surface area contributed by atoms with E-state index in [1.54, 1.807) is 47.8 Å². The number of nitrogens with two attached hydrogens (primary N) is 2. The molecule has 200 valence electrons. The largest absolute Gasteiger partial charge is 0.416 e. The van der Waals surface area contributed by atoms with E-state index in [-0.39, 0.29) is 34.0 Å². The minimum atomic E-state index is -4.57. The number of H-pyrrole nitrogens is 1. The number of halogens is 3. The number of carbonyl (C=O) groups excluding carboxylic acids is 1. The molecule has 2 aromatic heterocycles. The molecule has 0 atom stereocenters. The first-order chi connectivity index (χ1) is 18.6. The van der Waals surface area contributed by atoms with Crippen LogP contribution in [0, 0.1) is 0 Å². The second kappa shape index (κ2) is 10.1. The fraction of sp³-hybridized carbons (Fsp3) is 0.192. The molecule has 0 saturated carbocycles. The van der Waals surface area contributed by atoms with Crippen molar-refractivity contribution in [2.24, 2.45) is 11.5 Å². The Morgan fingerprint density at radius 2 is 1.69 bits per heavy atom. The number of hydrogen-bond donors (Lipinski definition) is 3. The quantitative estimate of drug-likeness (QED) is 0.360. The molecule has 5 N–H and O–H groups in total. The second-order valence-corrected chi connectivity index (χ2v) is 8.90. The van der Waals surface area contributed by atoms with Crippen molar-refractivity contribution in [2.75, 3.05) is 31.1 Å². The molecule has 0 radical (unpaired) electrons. The molecule has 1 amide bonds. The standard InChI is InChI=1S/C26H23F3N8O2/c27-26(28,29)17-4-5-18-19(13-17)35-24(38)23(34-18)22(31)21(30)15-2-1-3-16(12-15)25(39)37-10-8-36(9-11-37)20-14-32-6-7-33-20/h1-7,12-14H,8-11,30-31H2,(H,35,38)/b22-21+. The Morgan fingerprint density at radius 3 is 2.38 bits per heavy atom. The van der Waals surface area contributed by atoms with Crippen LogP contribution >= 0.6 is 0 Å². The van der Waals surface area contributed by atoms with Crippen molar-refractivity contribution in [1.82, 2.24) is 24.8 Å². The summed E-state index contributed by atoms with van der Waals surface area (Å²) in [6.45, 7) is 2.17. The van der Waals surface area contributed by atoms with Crippen molar-refractivity contribution in [3.05, 3.63) is 93.8 Å². The Kier molecular flexibility index (Phi) is 6.64. The summed E-state index contributed by atoms with van der Waals surface area (Å²) in [5.74, 6) is 0.558. The number of nitrogens with one attached hydrogen (secondary N) is 1. The van der Waals surface area contributed by atoms with E-state index in [2.05, 4.69) is 19.9 Å². The van der Waals surface area contributed by atoms with Gasteiger partial charge in [-0.3, -0.25) is 14.6 Å². The molecule has 0 aliphatic carbocycles. The molecule has 0 spiro atoms. The van der Waals surface area contributed by atoms with E-state index in [0.717, 1.165) is 24.0 Å². The van der Waals surface area contributed by atoms with Crippen LogP contribution in [0.1, 0.15) is 27.2 Å². The average Bonchev–Trinajstić information content (AvgIpc) is 2.95. The van der Waals surface area contributed by atoms with E-state index >= 15 is 0 Å². The third kappa shape index (κ3) is 5.23. The lowest BCUT2D eigenvalue weighted by atomic mass is 10.0. The zero-order valence-electron chi connectivity index (χ0n) is 20.4. The van der Waals surface area contributed by atoms with Gasteiger partial charge in [0.1, 0.15) is 5.82 Å². The molecule has 1 saturated heterocycles. The lowest BCUT2D eigenvalue weighted by Crippen LogP contribution is -2.49. The second-order valence-electron chi connectivity index (χ2n) is 8.90. The van der Waals surface area contributed by atoms with Crippen LogP contribution in [-0.2, 0) is 6.18 Å². The van der Waals surface area contributed by atoms with Crippen LogP contribution in [-0.4, -0.2) is 56.9 Å². The summed E-state index contributed by atoms with van der Waals surface area (Å²) in [4.78, 5) is 44.5. The van der Waals surface area contributed by atoms with Gasteiger partial charge in [-0.25, -0.2) is 9.97 Å². The van der Waals surface area contributed by atoms with Crippen molar-refractivity contribution in [3.8, 4) is 0 Å². The molecule has 4 aromatic rings. The van der Waals surface area contributed by atoms with E-state index in [0.29, 0.717) is 37.3 Å². The first kappa shape index (κ1) is 25.7. The van der Waals surface area contributed by atoms with Gasteiger partial charge in [0.05, 0.1) is 34.2 Å². The average molecular weight is 537 g/mol. The van der Waals surface area contributed by atoms with Gasteiger partial charge in [-0.1, -0.05) is 12.1 Å². The number of aromatic amines is 1. The van der Waals surface area contributed by atoms with Gasteiger partial charge in [0.2, 0.25) is 0 Å². The maximum Gasteiger partial charge on any atom is 0.416 e. The molecule has 39 heavy (non-hydrogen) atoms. The highest BCUT2D eigenvalue weighted by atomic mass is 19.4. The first-order valence-corrected chi connectivity index (χ1v) is 11.9. The minimum absolute atomic E-state index is 0.00128. The highest BCUT2D eigenvalue weighted by Crippen LogP contribution is 2.30. The molecule has 1 aliphatic rings. The molecule has 2 aromatic carbocycles. The van der Waals surface area contributed by atoms with Gasteiger partial charge in [-0.05, 0) is 30.3 Å². The SMILES string of the molecule is N/C(=C(/N)c1nc2ccc(C(F)(F)F)cc2[nH]c1=O)c1cccc(C(=O)N2CCN(c3cnccn3)CC2)c1. The third-order valence-corrected chi connectivity index (χ3v) is 6.43. The molecule has 1 fully saturated rings. The molecule has 0 bridgehead atoms. The molecule has 0 unspecified atom stereocenters. The Balaban J connectivity index is 1.38. The summed E-state index contributed by atoms with van der Waals surface area (Å²) in [6, 6.07) is 9.32. The molecule has 13 heteroatoms. The van der Waals surface area contributed by atoms with E-state index in [1.165, 1.54) is 0 Å². The number of rotatable bonds is 4. The van der Waals surface area contributed by atoms with E-state index in [9.17, 15) is 22.8 Å². The number of benzene rings is 2. The number of amides is 1. The van der Waals surface area contributed by atoms with Crippen LogP contribution < -0.4 is 21.9 Å². The highest BCUT2D eigenvalue weighted by Gasteiger charge is 2.31. The predicted molar refractivity (Wildman–Crippen MR) is 139 cm³/mol. The van der Waals surface area contributed by atoms with E-state index in [4.69, 9.17) is 11.5 Å². The Labute approximate surface area is 219 Å². The minimum Gasteiger partial charge on any atom is -0.397 e. The first-order valence-electron chi connectivity index (χ1n) is 11.9. The zero-order chi connectivity index (χ0) is 27.7. The van der Waals surface area contributed by atoms with Crippen molar-refractivity contribution in [1.29, 1.82) is 0 Å². The highest BCUT2D eigenvalue weighted by molar-refractivity contribution is 5.96. The summed E-state index contributed by atoms with van der Waals surface area (Å²) in [6.07, 6.45) is 0.324. The maximum atomic E-state index is 13.2. The summed E-state index contributed by atoms with van der Waals surface area (Å²) in [7, 11) is 0. The van der Waals surface area contributed by atoms with Crippen LogP contribution in [0.15, 0.2) is 65.8 Å². The Hall–Kier alpha value is -4.94. The molecule has 1 aliphatic heterocycles. The Bertz CT molecular complexity index is 1630. The number of alkyl halides is 3. The van der Waals surface area contributed by atoms with E-state index < -0.39 is 17.3 Å². The van der Waals surface area contributed by atoms with Crippen LogP contribution in [0.4, 0.5) is 19.0 Å². The van der Waals surface area contributed by atoms with Gasteiger partial charge in [0.15, 0.2) is 5.69 Å². The summed E-state index contributed by atoms with van der Waals surface area (Å²) < 4.78 is 39.1. The molecular weight excluding hydrogens is 513 g/mol. The van der Waals surface area contributed by atoms with Gasteiger partial charge in [-0.2, -0.15) is 13.2 Å².